The lowest BCUT2D eigenvalue weighted by molar-refractivity contribution is 0.173. The molecule has 5 heteroatoms. The van der Waals surface area contributed by atoms with Gasteiger partial charge in [-0.3, -0.25) is 0 Å². The Hall–Kier alpha value is -2.27. The number of halogens is 1. The van der Waals surface area contributed by atoms with Crippen LogP contribution >= 0.6 is 0 Å². The van der Waals surface area contributed by atoms with Crippen LogP contribution in [0.3, 0.4) is 0 Å². The first kappa shape index (κ1) is 8.72. The van der Waals surface area contributed by atoms with Crippen LogP contribution in [0.1, 0.15) is 28.8 Å². The Kier molecular flexibility index (Phi) is 2.43. The largest absolute Gasteiger partial charge is 0.493 e. The first-order chi connectivity index (χ1) is 14.7. The highest BCUT2D eigenvalue weighted by Gasteiger charge is 2.27. The molecule has 1 saturated heterocycles. The molecule has 4 rings (SSSR count). The van der Waals surface area contributed by atoms with E-state index in [4.69, 9.17) is 25.2 Å². The number of benzene rings is 2. The normalized spacial score (nSPS) is 34.2. The fraction of sp³-hybridized carbons (Fsp3) is 0.368. The summed E-state index contributed by atoms with van der Waals surface area (Å²) in [4.78, 5) is 0. The second kappa shape index (κ2) is 6.69. The summed E-state index contributed by atoms with van der Waals surface area (Å²) in [5, 5.41) is 2.42. The Balaban J connectivity index is 1.71. The number of fused-ring (bicyclic) bond motifs is 1. The number of nitrogens with one attached hydrogen (secondary N) is 1. The minimum absolute atomic E-state index is 0.0153. The van der Waals surface area contributed by atoms with Gasteiger partial charge in [0, 0.05) is 24.0 Å². The van der Waals surface area contributed by atoms with E-state index < -0.39 is 43.8 Å². The molecule has 1 N–H and O–H groups in total. The van der Waals surface area contributed by atoms with Crippen LogP contribution in [0, 0.1) is 11.7 Å². The maximum atomic E-state index is 13.5. The number of hydrogen-bond acceptors (Lipinski definition) is 4. The summed E-state index contributed by atoms with van der Waals surface area (Å²) in [5.41, 5.74) is 0.234. The van der Waals surface area contributed by atoms with E-state index in [1.54, 1.807) is 0 Å². The molecule has 0 amide bonds. The fourth-order valence-corrected chi connectivity index (χ4v) is 2.56. The van der Waals surface area contributed by atoms with Crippen LogP contribution in [-0.4, -0.2) is 26.3 Å². The molecule has 2 atom stereocenters. The van der Waals surface area contributed by atoms with E-state index in [1.165, 1.54) is 30.3 Å². The molecule has 0 bridgehead atoms. The first-order valence-electron chi connectivity index (χ1n) is 11.4. The van der Waals surface area contributed by atoms with Crippen molar-refractivity contribution in [2.75, 3.05) is 26.3 Å². The summed E-state index contributed by atoms with van der Waals surface area (Å²) in [6.45, 7) is -7.87. The van der Waals surface area contributed by atoms with Gasteiger partial charge in [-0.2, -0.15) is 0 Å². The maximum Gasteiger partial charge on any atom is 0.231 e. The predicted molar refractivity (Wildman–Crippen MR) is 88.2 cm³/mol. The minimum atomic E-state index is -2.74. The molecular weight excluding hydrogens is 309 g/mol. The lowest BCUT2D eigenvalue weighted by Gasteiger charge is -2.32. The van der Waals surface area contributed by atoms with Gasteiger partial charge >= 0.3 is 0 Å². The predicted octanol–water partition coefficient (Wildman–Crippen LogP) is 3.33. The molecule has 24 heavy (non-hydrogen) atoms. The zero-order chi connectivity index (χ0) is 23.5. The highest BCUT2D eigenvalue weighted by molar-refractivity contribution is 5.46. The molecule has 1 fully saturated rings. The quantitative estimate of drug-likeness (QED) is 0.929. The molecule has 2 aromatic rings. The van der Waals surface area contributed by atoms with E-state index in [1.807, 2.05) is 0 Å². The van der Waals surface area contributed by atoms with Gasteiger partial charge in [0.05, 0.1) is 9.30 Å². The van der Waals surface area contributed by atoms with Crippen molar-refractivity contribution in [1.82, 2.24) is 5.32 Å². The Morgan fingerprint density at radius 1 is 1.21 bits per heavy atom. The van der Waals surface area contributed by atoms with E-state index >= 15 is 0 Å². The lowest BCUT2D eigenvalue weighted by Crippen LogP contribution is -2.38. The third-order valence-electron chi connectivity index (χ3n) is 3.75. The molecule has 0 saturated carbocycles. The Bertz CT molecular complexity index is 1020. The van der Waals surface area contributed by atoms with Crippen molar-refractivity contribution in [1.29, 1.82) is 0 Å². The van der Waals surface area contributed by atoms with Crippen LogP contribution in [0.15, 0.2) is 42.5 Å². The van der Waals surface area contributed by atoms with Crippen LogP contribution < -0.4 is 19.5 Å². The lowest BCUT2D eigenvalue weighted by atomic mass is 9.81. The monoisotopic (exact) mass is 337 g/mol. The second-order valence-corrected chi connectivity index (χ2v) is 5.32. The Labute approximate surface area is 151 Å². The molecule has 0 spiro atoms. The van der Waals surface area contributed by atoms with Gasteiger partial charge in [-0.25, -0.2) is 4.39 Å². The third-order valence-corrected chi connectivity index (χ3v) is 3.75. The van der Waals surface area contributed by atoms with Crippen molar-refractivity contribution in [3.63, 3.8) is 0 Å². The van der Waals surface area contributed by atoms with Crippen molar-refractivity contribution < 1.29 is 29.6 Å². The molecule has 0 radical (unpaired) electrons. The van der Waals surface area contributed by atoms with E-state index in [9.17, 15) is 4.39 Å². The van der Waals surface area contributed by atoms with Gasteiger partial charge in [0.25, 0.3) is 0 Å². The van der Waals surface area contributed by atoms with Crippen LogP contribution in [0.5, 0.6) is 17.2 Å². The zero-order valence-electron chi connectivity index (χ0n) is 20.5. The van der Waals surface area contributed by atoms with Crippen molar-refractivity contribution in [3.05, 3.63) is 53.8 Å². The van der Waals surface area contributed by atoms with Crippen molar-refractivity contribution >= 4 is 0 Å². The van der Waals surface area contributed by atoms with Crippen molar-refractivity contribution in [3.8, 4) is 17.2 Å². The van der Waals surface area contributed by atoms with Crippen molar-refractivity contribution in [2.45, 2.75) is 12.3 Å². The first-order valence-corrected chi connectivity index (χ1v) is 7.42. The van der Waals surface area contributed by atoms with Gasteiger partial charge in [0.2, 0.25) is 6.75 Å². The average molecular weight is 337 g/mol. The number of piperidine rings is 1. The van der Waals surface area contributed by atoms with Crippen molar-refractivity contribution in [2.24, 2.45) is 5.92 Å². The molecule has 126 valence electrons. The zero-order valence-corrected chi connectivity index (χ0v) is 12.5. The summed E-state index contributed by atoms with van der Waals surface area (Å²) < 4.78 is 94.6. The standard InChI is InChI=1S/C19H20FNO3/c20-15-3-1-13(2-4-15)17-7-8-21-10-14(17)11-22-16-5-6-18-19(9-16)24-12-23-18/h1-6,9,14,17,21H,7-8,10-12H2/t14-,17?/m0/s1/i7D2,10D2,11D2,12D2. The summed E-state index contributed by atoms with van der Waals surface area (Å²) >= 11 is 0. The summed E-state index contributed by atoms with van der Waals surface area (Å²) in [7, 11) is 0. The summed E-state index contributed by atoms with van der Waals surface area (Å²) in [6, 6.07) is 8.71. The molecule has 4 nitrogen and oxygen atoms in total. The van der Waals surface area contributed by atoms with Crippen LogP contribution in [0.25, 0.3) is 0 Å². The Morgan fingerprint density at radius 2 is 2.04 bits per heavy atom. The van der Waals surface area contributed by atoms with Gasteiger partial charge in [-0.1, -0.05) is 12.1 Å². The van der Waals surface area contributed by atoms with E-state index in [0.717, 1.165) is 12.1 Å². The van der Waals surface area contributed by atoms with Crippen LogP contribution in [0.2, 0.25) is 0 Å². The molecule has 1 unspecified atom stereocenters. The number of ether oxygens (including phenoxy) is 3. The highest BCUT2D eigenvalue weighted by atomic mass is 19.1. The molecule has 2 aromatic carbocycles. The van der Waals surface area contributed by atoms with Gasteiger partial charge in [0.1, 0.15) is 14.3 Å². The van der Waals surface area contributed by atoms with E-state index in [-0.39, 0.29) is 29.4 Å². The van der Waals surface area contributed by atoms with Gasteiger partial charge in [-0.05, 0) is 48.7 Å². The number of rotatable bonds is 4. The molecule has 0 aromatic heterocycles. The SMILES string of the molecule is [2H]C1([2H])Oc2ccc(OC([2H])([2H])[C@H]3C(c4ccc(F)cc4)C([2H])([2H])CNC3([2H])[2H])cc2O1. The molecule has 2 aliphatic heterocycles. The van der Waals surface area contributed by atoms with Gasteiger partial charge in [0.15, 0.2) is 11.5 Å². The number of hydrogen-bond donors (Lipinski definition) is 1. The third kappa shape index (κ3) is 3.17. The molecule has 2 aliphatic rings. The molecule has 2 heterocycles. The average Bonchev–Trinajstić information content (AvgIpc) is 2.97. The van der Waals surface area contributed by atoms with Crippen LogP contribution in [0.4, 0.5) is 4.39 Å². The Morgan fingerprint density at radius 3 is 2.92 bits per heavy atom. The van der Waals surface area contributed by atoms with Gasteiger partial charge < -0.3 is 19.5 Å². The molecular formula is C19H20FNO3. The van der Waals surface area contributed by atoms with E-state index in [2.05, 4.69) is 5.32 Å². The molecule has 0 aliphatic carbocycles. The smallest absolute Gasteiger partial charge is 0.231 e. The van der Waals surface area contributed by atoms with Gasteiger partial charge in [-0.15, -0.1) is 0 Å². The van der Waals surface area contributed by atoms with Crippen LogP contribution in [-0.2, 0) is 0 Å². The summed E-state index contributed by atoms with van der Waals surface area (Å²) in [6.07, 6.45) is -2.07. The maximum absolute atomic E-state index is 13.5. The van der Waals surface area contributed by atoms with E-state index in [0.29, 0.717) is 0 Å². The summed E-state index contributed by atoms with van der Waals surface area (Å²) in [5.74, 6) is -3.55. The minimum Gasteiger partial charge on any atom is -0.493 e. The fourth-order valence-electron chi connectivity index (χ4n) is 2.56. The second-order valence-electron chi connectivity index (χ2n) is 5.32. The highest BCUT2D eigenvalue weighted by Crippen LogP contribution is 2.36. The topological polar surface area (TPSA) is 39.7 Å².